The topological polar surface area (TPSA) is 27.7 Å². The first-order valence-electron chi connectivity index (χ1n) is 19.0. The average Bonchev–Trinajstić information content (AvgIpc) is 3.10. The summed E-state index contributed by atoms with van der Waals surface area (Å²) in [6, 6.07) is 32.8. The second-order valence-corrected chi connectivity index (χ2v) is 20.6. The molecule has 0 aliphatic carbocycles. The summed E-state index contributed by atoms with van der Waals surface area (Å²) < 4.78 is 20.0. The van der Waals surface area contributed by atoms with Crippen molar-refractivity contribution in [2.75, 3.05) is 18.5 Å². The zero-order chi connectivity index (χ0) is 35.3. The number of hydrogen-bond donors (Lipinski definition) is 0. The Balaban J connectivity index is 1.94. The molecule has 0 radical (unpaired) electrons. The molecule has 4 aromatic rings. The van der Waals surface area contributed by atoms with E-state index in [1.807, 2.05) is 24.3 Å². The third-order valence-electron chi connectivity index (χ3n) is 10.6. The molecule has 0 aromatic heterocycles. The van der Waals surface area contributed by atoms with E-state index in [9.17, 15) is 0 Å². The molecular weight excluding hydrogens is 618 g/mol. The molecule has 5 heteroatoms. The van der Waals surface area contributed by atoms with Crippen LogP contribution in [0.2, 0.25) is 0 Å². The van der Waals surface area contributed by atoms with Crippen molar-refractivity contribution in [3.05, 3.63) is 119 Å². The van der Waals surface area contributed by atoms with E-state index >= 15 is 0 Å². The maximum atomic E-state index is 6.98. The molecule has 0 amide bonds. The van der Waals surface area contributed by atoms with Crippen LogP contribution in [0, 0.1) is 27.7 Å². The fraction of sp³-hybridized carbons (Fsp3) is 0.455. The molecule has 0 spiro atoms. The van der Waals surface area contributed by atoms with Crippen LogP contribution in [-0.4, -0.2) is 25.8 Å². The van der Waals surface area contributed by atoms with Crippen LogP contribution in [0.3, 0.4) is 0 Å². The molecule has 1 atom stereocenters. The summed E-state index contributed by atoms with van der Waals surface area (Å²) in [7, 11) is -0.957. The van der Waals surface area contributed by atoms with Crippen molar-refractivity contribution in [1.29, 1.82) is 0 Å². The molecule has 264 valence electrons. The normalized spacial score (nSPS) is 12.9. The molecule has 0 aliphatic rings. The van der Waals surface area contributed by atoms with Gasteiger partial charge in [-0.3, -0.25) is 0 Å². The molecule has 0 aliphatic heterocycles. The standard InChI is InChI=1S/C44H62BO3P/c1-9-13-31-49(32-14-10-2,33-15-11-3,41-28-21-37(7)22-29-41)44(16-12-4)42-34-38(8)23-30-43(42)48-45(46-39-24-17-35(5)18-25-39)47-40-26-19-36(6)20-27-40/h17-30,34,44H,9-16,31-33H2,1-8H3. The third kappa shape index (κ3) is 9.52. The summed E-state index contributed by atoms with van der Waals surface area (Å²) in [4.78, 5) is 0. The van der Waals surface area contributed by atoms with E-state index in [1.54, 1.807) is 5.30 Å². The van der Waals surface area contributed by atoms with Gasteiger partial charge >= 0.3 is 300 Å². The molecule has 49 heavy (non-hydrogen) atoms. The van der Waals surface area contributed by atoms with Gasteiger partial charge in [-0.05, 0) is 0 Å². The predicted octanol–water partition coefficient (Wildman–Crippen LogP) is 12.6. The van der Waals surface area contributed by atoms with E-state index in [4.69, 9.17) is 14.0 Å². The fourth-order valence-electron chi connectivity index (χ4n) is 7.77. The van der Waals surface area contributed by atoms with Crippen LogP contribution in [0.15, 0.2) is 91.0 Å². The Labute approximate surface area is 299 Å². The number of unbranched alkanes of at least 4 members (excludes halogenated alkanes) is 3. The monoisotopic (exact) mass is 680 g/mol. The van der Waals surface area contributed by atoms with Gasteiger partial charge in [0, 0.05) is 0 Å². The van der Waals surface area contributed by atoms with Gasteiger partial charge in [-0.15, -0.1) is 0 Å². The second-order valence-electron chi connectivity index (χ2n) is 14.5. The molecule has 0 bridgehead atoms. The average molecular weight is 681 g/mol. The van der Waals surface area contributed by atoms with Crippen molar-refractivity contribution >= 4 is 19.2 Å². The predicted molar refractivity (Wildman–Crippen MR) is 216 cm³/mol. The van der Waals surface area contributed by atoms with Crippen molar-refractivity contribution in [3.63, 3.8) is 0 Å². The van der Waals surface area contributed by atoms with E-state index in [2.05, 4.69) is 122 Å². The van der Waals surface area contributed by atoms with Crippen molar-refractivity contribution in [1.82, 2.24) is 0 Å². The number of benzene rings is 4. The van der Waals surface area contributed by atoms with E-state index in [-0.39, 0.29) is 0 Å². The summed E-state index contributed by atoms with van der Waals surface area (Å²) in [5, 5.41) is 1.63. The van der Waals surface area contributed by atoms with Crippen molar-refractivity contribution in [3.8, 4) is 17.2 Å². The molecule has 4 rings (SSSR count). The number of aryl methyl sites for hydroxylation is 4. The molecule has 1 unspecified atom stereocenters. The molecule has 3 nitrogen and oxygen atoms in total. The minimum absolute atomic E-state index is 0.373. The van der Waals surface area contributed by atoms with Gasteiger partial charge in [-0.2, -0.15) is 0 Å². The number of hydrogen-bond acceptors (Lipinski definition) is 3. The first-order chi connectivity index (χ1) is 23.7. The Morgan fingerprint density at radius 1 is 0.510 bits per heavy atom. The van der Waals surface area contributed by atoms with Crippen molar-refractivity contribution < 1.29 is 14.0 Å². The third-order valence-corrected chi connectivity index (χ3v) is 18.7. The van der Waals surface area contributed by atoms with Crippen LogP contribution in [0.1, 0.15) is 113 Å². The van der Waals surface area contributed by atoms with Gasteiger partial charge in [0.2, 0.25) is 0 Å². The quantitative estimate of drug-likeness (QED) is 0.0687. The van der Waals surface area contributed by atoms with Crippen molar-refractivity contribution in [2.45, 2.75) is 112 Å². The van der Waals surface area contributed by atoms with Crippen LogP contribution < -0.4 is 19.3 Å². The van der Waals surface area contributed by atoms with E-state index in [1.165, 1.54) is 84.8 Å². The molecule has 0 saturated heterocycles. The second kappa shape index (κ2) is 18.1. The van der Waals surface area contributed by atoms with E-state index in [0.29, 0.717) is 5.66 Å². The zero-order valence-electron chi connectivity index (χ0n) is 31.8. The summed E-state index contributed by atoms with van der Waals surface area (Å²) in [6.07, 6.45) is 13.5. The summed E-state index contributed by atoms with van der Waals surface area (Å²) >= 11 is 0. The van der Waals surface area contributed by atoms with Gasteiger partial charge in [-0.1, -0.05) is 0 Å². The molecule has 0 fully saturated rings. The first kappa shape index (κ1) is 38.6. The van der Waals surface area contributed by atoms with Crippen LogP contribution >= 0.6 is 6.60 Å². The van der Waals surface area contributed by atoms with Crippen LogP contribution in [0.4, 0.5) is 0 Å². The zero-order valence-corrected chi connectivity index (χ0v) is 32.7. The van der Waals surface area contributed by atoms with Gasteiger partial charge in [0.05, 0.1) is 0 Å². The van der Waals surface area contributed by atoms with E-state index in [0.717, 1.165) is 30.1 Å². The Kier molecular flexibility index (Phi) is 14.3. The Bertz CT molecular complexity index is 1490. The first-order valence-corrected chi connectivity index (χ1v) is 21.8. The Morgan fingerprint density at radius 3 is 1.37 bits per heavy atom. The SMILES string of the molecule is CCCCP(CCCC)(CCCC)(c1ccc(C)cc1)C(CCC)c1cc(C)ccc1OB(Oc1ccc(C)cc1)Oc1ccc(C)cc1. The number of rotatable bonds is 20. The molecule has 0 saturated carbocycles. The van der Waals surface area contributed by atoms with Crippen molar-refractivity contribution in [2.24, 2.45) is 0 Å². The molecule has 0 heterocycles. The summed E-state index contributed by atoms with van der Waals surface area (Å²) in [5.74, 6) is 2.31. The summed E-state index contributed by atoms with van der Waals surface area (Å²) in [6.45, 7) is 15.4. The molecule has 0 N–H and O–H groups in total. The minimum atomic E-state index is -2.66. The van der Waals surface area contributed by atoms with E-state index < -0.39 is 13.9 Å². The van der Waals surface area contributed by atoms with Crippen LogP contribution in [0.25, 0.3) is 0 Å². The summed E-state index contributed by atoms with van der Waals surface area (Å²) in [5.41, 5.74) is 6.66. The van der Waals surface area contributed by atoms with Gasteiger partial charge < -0.3 is 0 Å². The maximum absolute atomic E-state index is 6.98. The van der Waals surface area contributed by atoms with Crippen LogP contribution in [0.5, 0.6) is 17.2 Å². The Hall–Kier alpha value is -3.23. The molecular formula is C44H62BO3P. The Morgan fingerprint density at radius 2 is 0.939 bits per heavy atom. The van der Waals surface area contributed by atoms with Gasteiger partial charge in [0.1, 0.15) is 0 Å². The molecule has 4 aromatic carbocycles. The van der Waals surface area contributed by atoms with Gasteiger partial charge in [0.25, 0.3) is 0 Å². The fourth-order valence-corrected chi connectivity index (χ4v) is 16.6. The van der Waals surface area contributed by atoms with Gasteiger partial charge in [-0.25, -0.2) is 0 Å². The van der Waals surface area contributed by atoms with Gasteiger partial charge in [0.15, 0.2) is 0 Å². The van der Waals surface area contributed by atoms with Crippen LogP contribution in [-0.2, 0) is 0 Å².